The van der Waals surface area contributed by atoms with E-state index < -0.39 is 0 Å². The zero-order chi connectivity index (χ0) is 21.6. The van der Waals surface area contributed by atoms with Gasteiger partial charge < -0.3 is 20.4 Å². The molecule has 0 saturated heterocycles. The molecule has 0 aliphatic carbocycles. The summed E-state index contributed by atoms with van der Waals surface area (Å²) in [5.41, 5.74) is 6.08. The minimum absolute atomic E-state index is 0.169. The molecule has 0 fully saturated rings. The summed E-state index contributed by atoms with van der Waals surface area (Å²) in [7, 11) is 4.10. The van der Waals surface area contributed by atoms with E-state index >= 15 is 0 Å². The number of fused-ring (bicyclic) bond motifs is 1. The van der Waals surface area contributed by atoms with E-state index in [1.54, 1.807) is 0 Å². The van der Waals surface area contributed by atoms with Crippen LogP contribution in [0.2, 0.25) is 0 Å². The minimum atomic E-state index is -0.169. The predicted octanol–water partition coefficient (Wildman–Crippen LogP) is 3.26. The minimum Gasteiger partial charge on any atom is -0.378 e. The van der Waals surface area contributed by atoms with Gasteiger partial charge in [0.05, 0.1) is 13.1 Å². The molecular formula is C26H31N4O+. The van der Waals surface area contributed by atoms with E-state index in [1.807, 2.05) is 30.3 Å². The quantitative estimate of drug-likeness (QED) is 0.579. The van der Waals surface area contributed by atoms with Gasteiger partial charge in [-0.3, -0.25) is 0 Å². The monoisotopic (exact) mass is 415 g/mol. The Morgan fingerprint density at radius 2 is 1.61 bits per heavy atom. The van der Waals surface area contributed by atoms with Crippen molar-refractivity contribution in [2.45, 2.75) is 19.0 Å². The largest absolute Gasteiger partial charge is 0.378 e. The highest BCUT2D eigenvalue weighted by Gasteiger charge is 2.29. The number of amides is 2. The number of nitrogens with one attached hydrogen (secondary N) is 3. The normalized spacial score (nSPS) is 16.1. The van der Waals surface area contributed by atoms with E-state index in [-0.39, 0.29) is 12.1 Å². The summed E-state index contributed by atoms with van der Waals surface area (Å²) in [5, 5.41) is 6.03. The first kappa shape index (κ1) is 20.9. The van der Waals surface area contributed by atoms with Gasteiger partial charge in [0, 0.05) is 43.0 Å². The molecule has 160 valence electrons. The Kier molecular flexibility index (Phi) is 6.53. The molecule has 0 bridgehead atoms. The number of anilines is 2. The van der Waals surface area contributed by atoms with Crippen LogP contribution in [0.25, 0.3) is 0 Å². The Labute approximate surface area is 184 Å². The molecule has 3 aromatic carbocycles. The number of nitrogens with zero attached hydrogens (tertiary/aromatic N) is 1. The van der Waals surface area contributed by atoms with Gasteiger partial charge in [0.15, 0.2) is 0 Å². The van der Waals surface area contributed by atoms with Gasteiger partial charge in [0.2, 0.25) is 0 Å². The molecular weight excluding hydrogens is 384 g/mol. The zero-order valence-electron chi connectivity index (χ0n) is 18.3. The van der Waals surface area contributed by atoms with Crippen molar-refractivity contribution in [3.8, 4) is 0 Å². The molecule has 31 heavy (non-hydrogen) atoms. The Bertz CT molecular complexity index is 1000. The average Bonchev–Trinajstić information content (AvgIpc) is 2.80. The summed E-state index contributed by atoms with van der Waals surface area (Å²) in [5.74, 6) is 0. The first-order valence-corrected chi connectivity index (χ1v) is 10.9. The van der Waals surface area contributed by atoms with Crippen molar-refractivity contribution in [1.29, 1.82) is 0 Å². The Balaban J connectivity index is 1.50. The number of urea groups is 1. The number of para-hydroxylation sites is 1. The van der Waals surface area contributed by atoms with E-state index in [9.17, 15) is 4.79 Å². The van der Waals surface area contributed by atoms with Crippen molar-refractivity contribution < 1.29 is 9.69 Å². The van der Waals surface area contributed by atoms with E-state index in [0.29, 0.717) is 6.54 Å². The van der Waals surface area contributed by atoms with E-state index in [0.717, 1.165) is 25.2 Å². The molecule has 0 spiro atoms. The maximum atomic E-state index is 12.5. The van der Waals surface area contributed by atoms with Crippen LogP contribution in [0.1, 0.15) is 22.7 Å². The van der Waals surface area contributed by atoms with Crippen LogP contribution in [-0.4, -0.2) is 33.2 Å². The Hall–Kier alpha value is -3.31. The van der Waals surface area contributed by atoms with Gasteiger partial charge in [-0.05, 0) is 29.8 Å². The third-order valence-corrected chi connectivity index (χ3v) is 6.05. The lowest BCUT2D eigenvalue weighted by atomic mass is 9.96. The zero-order valence-corrected chi connectivity index (χ0v) is 18.3. The van der Waals surface area contributed by atoms with Crippen molar-refractivity contribution in [3.63, 3.8) is 0 Å². The van der Waals surface area contributed by atoms with Crippen molar-refractivity contribution >= 4 is 17.4 Å². The van der Waals surface area contributed by atoms with Crippen LogP contribution < -0.4 is 20.4 Å². The molecule has 0 aromatic heterocycles. The van der Waals surface area contributed by atoms with Crippen LogP contribution in [-0.2, 0) is 13.0 Å². The molecule has 1 aliphatic heterocycles. The summed E-state index contributed by atoms with van der Waals surface area (Å²) >= 11 is 0. The third kappa shape index (κ3) is 5.25. The highest BCUT2D eigenvalue weighted by Crippen LogP contribution is 2.18. The number of carbonyl (C=O) groups is 1. The fourth-order valence-electron chi connectivity index (χ4n) is 4.29. The van der Waals surface area contributed by atoms with Crippen LogP contribution in [0.3, 0.4) is 0 Å². The van der Waals surface area contributed by atoms with E-state index in [1.165, 1.54) is 27.3 Å². The van der Waals surface area contributed by atoms with Crippen LogP contribution in [0, 0.1) is 0 Å². The summed E-state index contributed by atoms with van der Waals surface area (Å²) in [6.45, 7) is 2.61. The van der Waals surface area contributed by atoms with Crippen molar-refractivity contribution in [1.82, 2.24) is 5.32 Å². The predicted molar refractivity (Wildman–Crippen MR) is 127 cm³/mol. The van der Waals surface area contributed by atoms with E-state index in [4.69, 9.17) is 0 Å². The summed E-state index contributed by atoms with van der Waals surface area (Å²) in [6.07, 6.45) is 1.06. The topological polar surface area (TPSA) is 48.8 Å². The lowest BCUT2D eigenvalue weighted by molar-refractivity contribution is -0.945. The highest BCUT2D eigenvalue weighted by atomic mass is 16.2. The van der Waals surface area contributed by atoms with Crippen molar-refractivity contribution in [2.24, 2.45) is 0 Å². The standard InChI is InChI=1S/C26H30N4O/c1-29(2)24-14-12-21(13-15-24)25(18-27-26(31)28-23-10-4-3-5-11-23)30-17-16-20-8-6-7-9-22(20)19-30/h3-15,25H,16-19H2,1-2H3,(H2,27,28,31)/p+1/t25-/m1/s1. The Morgan fingerprint density at radius 1 is 0.935 bits per heavy atom. The second-order valence-corrected chi connectivity index (χ2v) is 8.34. The van der Waals surface area contributed by atoms with Gasteiger partial charge in [-0.15, -0.1) is 0 Å². The van der Waals surface area contributed by atoms with Crippen LogP contribution in [0.15, 0.2) is 78.9 Å². The molecule has 1 unspecified atom stereocenters. The molecule has 2 amide bonds. The lowest BCUT2D eigenvalue weighted by Crippen LogP contribution is -3.12. The van der Waals surface area contributed by atoms with Gasteiger partial charge in [-0.25, -0.2) is 4.79 Å². The first-order valence-electron chi connectivity index (χ1n) is 10.9. The molecule has 4 rings (SSSR count). The van der Waals surface area contributed by atoms with Gasteiger partial charge >= 0.3 is 6.03 Å². The maximum Gasteiger partial charge on any atom is 0.319 e. The number of hydrogen-bond donors (Lipinski definition) is 3. The van der Waals surface area contributed by atoms with Crippen molar-refractivity contribution in [3.05, 3.63) is 95.6 Å². The highest BCUT2D eigenvalue weighted by molar-refractivity contribution is 5.89. The molecule has 1 heterocycles. The van der Waals surface area contributed by atoms with Gasteiger partial charge in [-0.1, -0.05) is 54.6 Å². The molecule has 2 atom stereocenters. The molecule has 3 N–H and O–H groups in total. The fourth-order valence-corrected chi connectivity index (χ4v) is 4.29. The first-order chi connectivity index (χ1) is 15.1. The number of quaternary nitrogens is 1. The second kappa shape index (κ2) is 9.67. The Morgan fingerprint density at radius 3 is 2.32 bits per heavy atom. The van der Waals surface area contributed by atoms with Gasteiger partial charge in [0.1, 0.15) is 12.6 Å². The fraction of sp³-hybridized carbons (Fsp3) is 0.269. The molecule has 0 radical (unpaired) electrons. The van der Waals surface area contributed by atoms with Gasteiger partial charge in [-0.2, -0.15) is 0 Å². The van der Waals surface area contributed by atoms with E-state index in [2.05, 4.69) is 78.2 Å². The number of hydrogen-bond acceptors (Lipinski definition) is 2. The summed E-state index contributed by atoms with van der Waals surface area (Å²) in [4.78, 5) is 16.1. The number of rotatable bonds is 6. The van der Waals surface area contributed by atoms with Crippen molar-refractivity contribution in [2.75, 3.05) is 37.4 Å². The molecule has 3 aromatic rings. The summed E-state index contributed by atoms with van der Waals surface area (Å²) < 4.78 is 0. The molecule has 1 aliphatic rings. The SMILES string of the molecule is CN(C)c1ccc([C@@H](CNC(=O)Nc2ccccc2)[NH+]2CCc3ccccc3C2)cc1. The van der Waals surface area contributed by atoms with Gasteiger partial charge in [0.25, 0.3) is 0 Å². The van der Waals surface area contributed by atoms with Crippen LogP contribution in [0.4, 0.5) is 16.2 Å². The maximum absolute atomic E-state index is 12.5. The second-order valence-electron chi connectivity index (χ2n) is 8.34. The number of benzene rings is 3. The third-order valence-electron chi connectivity index (χ3n) is 6.05. The smallest absolute Gasteiger partial charge is 0.319 e. The van der Waals surface area contributed by atoms with Crippen LogP contribution in [0.5, 0.6) is 0 Å². The molecule has 5 heteroatoms. The number of carbonyl (C=O) groups excluding carboxylic acids is 1. The van der Waals surface area contributed by atoms with Crippen LogP contribution >= 0.6 is 0 Å². The summed E-state index contributed by atoms with van der Waals surface area (Å²) in [6, 6.07) is 27.0. The average molecular weight is 416 g/mol. The molecule has 5 nitrogen and oxygen atoms in total. The molecule has 0 saturated carbocycles. The lowest BCUT2D eigenvalue weighted by Gasteiger charge is -2.33.